The van der Waals surface area contributed by atoms with Crippen molar-refractivity contribution in [1.82, 2.24) is 20.9 Å². The Morgan fingerprint density at radius 2 is 1.62 bits per heavy atom. The molecule has 0 radical (unpaired) electrons. The molecule has 0 bridgehead atoms. The fourth-order valence-electron chi connectivity index (χ4n) is 3.71. The molecule has 3 rings (SSSR count). The number of aliphatic carboxylic acids is 1. The summed E-state index contributed by atoms with van der Waals surface area (Å²) in [5.41, 5.74) is 8.15. The molecule has 9 N–H and O–H groups in total. The fraction of sp³-hybridized carbons (Fsp3) is 0.280. The molecule has 37 heavy (non-hydrogen) atoms. The van der Waals surface area contributed by atoms with E-state index in [1.807, 2.05) is 24.3 Å². The van der Waals surface area contributed by atoms with Gasteiger partial charge in [0, 0.05) is 23.5 Å². The second kappa shape index (κ2) is 12.5. The van der Waals surface area contributed by atoms with Crippen LogP contribution in [0.4, 0.5) is 0 Å². The zero-order valence-corrected chi connectivity index (χ0v) is 19.8. The van der Waals surface area contributed by atoms with Crippen molar-refractivity contribution in [2.75, 3.05) is 13.2 Å². The number of hydrogen-bond donors (Lipinski definition) is 8. The summed E-state index contributed by atoms with van der Waals surface area (Å²) in [5, 5.41) is 35.7. The van der Waals surface area contributed by atoms with E-state index in [0.717, 1.165) is 16.5 Å². The molecule has 1 aromatic heterocycles. The van der Waals surface area contributed by atoms with Gasteiger partial charge in [-0.25, -0.2) is 4.79 Å². The number of rotatable bonds is 12. The van der Waals surface area contributed by atoms with Gasteiger partial charge in [-0.2, -0.15) is 0 Å². The van der Waals surface area contributed by atoms with E-state index in [-0.39, 0.29) is 18.6 Å². The molecule has 0 spiro atoms. The number of aromatic amines is 1. The lowest BCUT2D eigenvalue weighted by atomic mass is 10.0. The highest BCUT2D eigenvalue weighted by molar-refractivity contribution is 5.93. The van der Waals surface area contributed by atoms with E-state index in [1.165, 1.54) is 12.1 Å². The van der Waals surface area contributed by atoms with Gasteiger partial charge in [-0.05, 0) is 35.7 Å². The molecule has 196 valence electrons. The number of carboxylic acids is 1. The van der Waals surface area contributed by atoms with E-state index < -0.39 is 55.0 Å². The van der Waals surface area contributed by atoms with Crippen molar-refractivity contribution in [1.29, 1.82) is 0 Å². The largest absolute Gasteiger partial charge is 0.508 e. The van der Waals surface area contributed by atoms with E-state index in [9.17, 15) is 29.4 Å². The number of aromatic nitrogens is 1. The van der Waals surface area contributed by atoms with E-state index in [2.05, 4.69) is 20.9 Å². The summed E-state index contributed by atoms with van der Waals surface area (Å²) in [6, 6.07) is 9.82. The van der Waals surface area contributed by atoms with Gasteiger partial charge < -0.3 is 42.0 Å². The average Bonchev–Trinajstić information content (AvgIpc) is 3.29. The molecule has 0 aliphatic rings. The lowest BCUT2D eigenvalue weighted by Crippen LogP contribution is -2.55. The smallest absolute Gasteiger partial charge is 0.328 e. The van der Waals surface area contributed by atoms with Crippen LogP contribution >= 0.6 is 0 Å². The Kier molecular flexibility index (Phi) is 9.19. The number of amides is 3. The first-order valence-corrected chi connectivity index (χ1v) is 11.5. The van der Waals surface area contributed by atoms with Crippen LogP contribution in [0, 0.1) is 0 Å². The van der Waals surface area contributed by atoms with Gasteiger partial charge in [0.25, 0.3) is 0 Å². The molecule has 3 aromatic rings. The Bertz CT molecular complexity index is 1260. The number of hydrogen-bond acceptors (Lipinski definition) is 7. The van der Waals surface area contributed by atoms with Gasteiger partial charge in [-0.1, -0.05) is 30.3 Å². The highest BCUT2D eigenvalue weighted by atomic mass is 16.4. The minimum atomic E-state index is -1.55. The number of carbonyl (C=O) groups is 4. The van der Waals surface area contributed by atoms with Crippen LogP contribution in [-0.4, -0.2) is 75.3 Å². The van der Waals surface area contributed by atoms with Crippen molar-refractivity contribution >= 4 is 34.6 Å². The van der Waals surface area contributed by atoms with Crippen molar-refractivity contribution in [2.24, 2.45) is 5.73 Å². The maximum Gasteiger partial charge on any atom is 0.328 e. The SMILES string of the molecule is NC(Cc1ccc(O)cc1)C(=O)NCC(=O)NC(Cc1c[nH]c2ccccc12)C(=O)NC(CO)C(=O)O. The molecule has 0 aliphatic heterocycles. The van der Waals surface area contributed by atoms with Gasteiger partial charge in [0.1, 0.15) is 17.8 Å². The van der Waals surface area contributed by atoms with Crippen molar-refractivity contribution in [3.05, 3.63) is 65.9 Å². The minimum absolute atomic E-state index is 0.0215. The van der Waals surface area contributed by atoms with Crippen LogP contribution in [0.3, 0.4) is 0 Å². The van der Waals surface area contributed by atoms with Gasteiger partial charge >= 0.3 is 5.97 Å². The average molecular weight is 512 g/mol. The quantitative estimate of drug-likeness (QED) is 0.153. The monoisotopic (exact) mass is 511 g/mol. The van der Waals surface area contributed by atoms with Crippen molar-refractivity contribution in [3.63, 3.8) is 0 Å². The van der Waals surface area contributed by atoms with Crippen LogP contribution in [0.25, 0.3) is 10.9 Å². The molecule has 3 atom stereocenters. The summed E-state index contributed by atoms with van der Waals surface area (Å²) in [6.45, 7) is -1.30. The Balaban J connectivity index is 1.64. The Morgan fingerprint density at radius 1 is 0.919 bits per heavy atom. The number of fused-ring (bicyclic) bond motifs is 1. The summed E-state index contributed by atoms with van der Waals surface area (Å²) in [6.07, 6.45) is 1.88. The van der Waals surface area contributed by atoms with Crippen molar-refractivity contribution < 1.29 is 34.5 Å². The molecule has 3 unspecified atom stereocenters. The molecule has 0 fully saturated rings. The third-order valence-electron chi connectivity index (χ3n) is 5.70. The lowest BCUT2D eigenvalue weighted by Gasteiger charge is -2.21. The highest BCUT2D eigenvalue weighted by Crippen LogP contribution is 2.19. The van der Waals surface area contributed by atoms with Gasteiger partial charge in [0.05, 0.1) is 19.2 Å². The highest BCUT2D eigenvalue weighted by Gasteiger charge is 2.27. The molecule has 3 amide bonds. The fourth-order valence-corrected chi connectivity index (χ4v) is 3.71. The number of para-hydroxylation sites is 1. The molecule has 2 aromatic carbocycles. The van der Waals surface area contributed by atoms with Crippen LogP contribution in [-0.2, 0) is 32.0 Å². The predicted molar refractivity (Wildman–Crippen MR) is 133 cm³/mol. The minimum Gasteiger partial charge on any atom is -0.508 e. The third-order valence-corrected chi connectivity index (χ3v) is 5.70. The standard InChI is InChI=1S/C25H29N5O7/c26-18(9-14-5-7-16(32)8-6-14)23(34)28-12-22(33)29-20(24(35)30-21(13-31)25(36)37)10-15-11-27-19-4-2-1-3-17(15)19/h1-8,11,18,20-21,27,31-32H,9-10,12-13,26H2,(H,28,34)(H,29,33)(H,30,35)(H,36,37). The van der Waals surface area contributed by atoms with Gasteiger partial charge in [0.2, 0.25) is 17.7 Å². The number of aliphatic hydroxyl groups excluding tert-OH is 1. The van der Waals surface area contributed by atoms with Gasteiger partial charge in [-0.15, -0.1) is 0 Å². The summed E-state index contributed by atoms with van der Waals surface area (Å²) >= 11 is 0. The Morgan fingerprint density at radius 3 is 2.30 bits per heavy atom. The van der Waals surface area contributed by atoms with Crippen LogP contribution < -0.4 is 21.7 Å². The molecule has 12 heteroatoms. The van der Waals surface area contributed by atoms with Crippen molar-refractivity contribution in [3.8, 4) is 5.75 Å². The van der Waals surface area contributed by atoms with E-state index in [0.29, 0.717) is 5.56 Å². The number of benzene rings is 2. The number of H-pyrrole nitrogens is 1. The number of phenolic OH excluding ortho intramolecular Hbond substituents is 1. The number of carbonyl (C=O) groups excluding carboxylic acids is 3. The second-order valence-corrected chi connectivity index (χ2v) is 8.46. The van der Waals surface area contributed by atoms with Crippen LogP contribution in [0.2, 0.25) is 0 Å². The maximum absolute atomic E-state index is 12.9. The van der Waals surface area contributed by atoms with Crippen LogP contribution in [0.1, 0.15) is 11.1 Å². The Labute approximate surface area is 211 Å². The predicted octanol–water partition coefficient (Wildman–Crippen LogP) is -0.851. The van der Waals surface area contributed by atoms with Crippen molar-refractivity contribution in [2.45, 2.75) is 31.0 Å². The molecule has 0 aliphatic carbocycles. The van der Waals surface area contributed by atoms with Gasteiger partial charge in [0.15, 0.2) is 0 Å². The summed E-state index contributed by atoms with van der Waals surface area (Å²) in [5.74, 6) is -3.44. The molecule has 1 heterocycles. The zero-order chi connectivity index (χ0) is 26.9. The zero-order valence-electron chi connectivity index (χ0n) is 19.8. The first-order chi connectivity index (χ1) is 17.7. The summed E-state index contributed by atoms with van der Waals surface area (Å²) in [4.78, 5) is 52.1. The third kappa shape index (κ3) is 7.53. The number of aliphatic hydroxyl groups is 1. The second-order valence-electron chi connectivity index (χ2n) is 8.46. The molecular formula is C25H29N5O7. The summed E-state index contributed by atoms with van der Waals surface area (Å²) in [7, 11) is 0. The van der Waals surface area contributed by atoms with Crippen LogP contribution in [0.15, 0.2) is 54.7 Å². The normalized spacial score (nSPS) is 13.4. The molecular weight excluding hydrogens is 482 g/mol. The first-order valence-electron chi connectivity index (χ1n) is 11.5. The Hall–Kier alpha value is -4.42. The molecule has 12 nitrogen and oxygen atoms in total. The van der Waals surface area contributed by atoms with Gasteiger partial charge in [-0.3, -0.25) is 14.4 Å². The van der Waals surface area contributed by atoms with E-state index >= 15 is 0 Å². The molecule has 0 saturated carbocycles. The maximum atomic E-state index is 12.9. The van der Waals surface area contributed by atoms with E-state index in [4.69, 9.17) is 10.8 Å². The first kappa shape index (κ1) is 27.2. The van der Waals surface area contributed by atoms with Crippen LogP contribution in [0.5, 0.6) is 5.75 Å². The number of aromatic hydroxyl groups is 1. The number of carboxylic acid groups (broad SMARTS) is 1. The number of nitrogens with one attached hydrogen (secondary N) is 4. The van der Waals surface area contributed by atoms with E-state index in [1.54, 1.807) is 18.3 Å². The molecule has 0 saturated heterocycles. The topological polar surface area (TPSA) is 207 Å². The lowest BCUT2D eigenvalue weighted by molar-refractivity contribution is -0.143. The summed E-state index contributed by atoms with van der Waals surface area (Å²) < 4.78 is 0. The number of phenols is 1. The number of nitrogens with two attached hydrogens (primary N) is 1.